The number of thioether (sulfide) groups is 1. The Bertz CT molecular complexity index is 201. The van der Waals surface area contributed by atoms with E-state index in [9.17, 15) is 0 Å². The number of rotatable bonds is 3. The second kappa shape index (κ2) is 4.16. The Hall–Kier alpha value is 0.200. The van der Waals surface area contributed by atoms with Gasteiger partial charge < -0.3 is 0 Å². The number of hydrogen-bond donors (Lipinski definition) is 0. The van der Waals surface area contributed by atoms with Crippen molar-refractivity contribution in [2.45, 2.75) is 6.42 Å². The Kier molecular flexibility index (Phi) is 3.45. The molecule has 0 unspecified atom stereocenters. The molecule has 0 saturated heterocycles. The zero-order valence-electron chi connectivity index (χ0n) is 5.50. The maximum absolute atomic E-state index is 5.58. The van der Waals surface area contributed by atoms with Gasteiger partial charge in [-0.05, 0) is 29.4 Å². The van der Waals surface area contributed by atoms with Crippen molar-refractivity contribution < 1.29 is 0 Å². The Morgan fingerprint density at radius 3 is 3.00 bits per heavy atom. The fraction of sp³-hybridized carbons (Fsp3) is 0.600. The minimum atomic E-state index is 0.538. The molecule has 10 heavy (non-hydrogen) atoms. The first-order valence-electron chi connectivity index (χ1n) is 2.80. The molecule has 1 aromatic heterocycles. The summed E-state index contributed by atoms with van der Waals surface area (Å²) in [6.45, 7) is 0. The number of halogens is 1. The average Bonchev–Trinajstić information content (AvgIpc) is 2.31. The molecule has 0 radical (unpaired) electrons. The van der Waals surface area contributed by atoms with Gasteiger partial charge in [0, 0.05) is 12.2 Å². The third-order valence-electron chi connectivity index (χ3n) is 0.973. The number of aryl methyl sites for hydroxylation is 1. The Balaban J connectivity index is 2.42. The van der Waals surface area contributed by atoms with Gasteiger partial charge in [0.15, 0.2) is 0 Å². The number of hydrogen-bond acceptors (Lipinski definition) is 4. The quantitative estimate of drug-likeness (QED) is 0.737. The van der Waals surface area contributed by atoms with Gasteiger partial charge in [0.1, 0.15) is 5.82 Å². The smallest absolute Gasteiger partial charge is 0.203 e. The monoisotopic (exact) mass is 194 g/mol. The highest BCUT2D eigenvalue weighted by Gasteiger charge is 1.99. The van der Waals surface area contributed by atoms with Gasteiger partial charge in [-0.3, -0.25) is 0 Å². The highest BCUT2D eigenvalue weighted by molar-refractivity contribution is 7.98. The van der Waals surface area contributed by atoms with Gasteiger partial charge in [0.05, 0.1) is 0 Å². The average molecular weight is 195 g/mol. The maximum atomic E-state index is 5.58. The Morgan fingerprint density at radius 1 is 1.70 bits per heavy atom. The highest BCUT2D eigenvalue weighted by Crippen LogP contribution is 2.11. The van der Waals surface area contributed by atoms with Crippen molar-refractivity contribution in [3.63, 3.8) is 0 Å². The van der Waals surface area contributed by atoms with Crippen LogP contribution in [0.5, 0.6) is 0 Å². The van der Waals surface area contributed by atoms with Crippen molar-refractivity contribution >= 4 is 34.9 Å². The molecule has 1 heterocycles. The topological polar surface area (TPSA) is 25.8 Å². The predicted octanol–water partition coefficient (Wildman–Crippen LogP) is 2.10. The first kappa shape index (κ1) is 8.30. The minimum absolute atomic E-state index is 0.538. The largest absolute Gasteiger partial charge is 0.208 e. The van der Waals surface area contributed by atoms with Crippen molar-refractivity contribution in [1.82, 2.24) is 9.36 Å². The number of aromatic nitrogens is 2. The molecule has 2 nitrogen and oxygen atoms in total. The Labute approximate surface area is 73.2 Å². The van der Waals surface area contributed by atoms with Gasteiger partial charge in [-0.1, -0.05) is 0 Å². The molecule has 5 heteroatoms. The summed E-state index contributed by atoms with van der Waals surface area (Å²) in [7, 11) is 0. The SMILES string of the molecule is CSCCc1nsc(Cl)n1. The van der Waals surface area contributed by atoms with Crippen LogP contribution in [0.15, 0.2) is 0 Å². The van der Waals surface area contributed by atoms with E-state index >= 15 is 0 Å². The van der Waals surface area contributed by atoms with E-state index in [1.807, 2.05) is 0 Å². The molecule has 56 valence electrons. The molecule has 0 aromatic carbocycles. The molecule has 0 spiro atoms. The molecule has 0 fully saturated rings. The van der Waals surface area contributed by atoms with Gasteiger partial charge >= 0.3 is 0 Å². The van der Waals surface area contributed by atoms with Gasteiger partial charge in [0.25, 0.3) is 0 Å². The molecule has 1 rings (SSSR count). The van der Waals surface area contributed by atoms with Crippen LogP contribution >= 0.6 is 34.9 Å². The molecular formula is C5H7ClN2S2. The summed E-state index contributed by atoms with van der Waals surface area (Å²) in [4.78, 5) is 4.01. The predicted molar refractivity (Wildman–Crippen MR) is 47.0 cm³/mol. The third kappa shape index (κ3) is 2.44. The minimum Gasteiger partial charge on any atom is -0.208 e. The lowest BCUT2D eigenvalue weighted by Gasteiger charge is -1.88. The molecule has 0 aliphatic heterocycles. The fourth-order valence-corrected chi connectivity index (χ4v) is 1.57. The molecule has 0 aliphatic carbocycles. The summed E-state index contributed by atoms with van der Waals surface area (Å²) in [5.41, 5.74) is 0. The molecular weight excluding hydrogens is 188 g/mol. The fourth-order valence-electron chi connectivity index (χ4n) is 0.528. The first-order chi connectivity index (χ1) is 4.83. The van der Waals surface area contributed by atoms with Gasteiger partial charge in [-0.25, -0.2) is 4.98 Å². The van der Waals surface area contributed by atoms with Crippen LogP contribution in [0.4, 0.5) is 0 Å². The van der Waals surface area contributed by atoms with Crippen LogP contribution in [0.3, 0.4) is 0 Å². The summed E-state index contributed by atoms with van der Waals surface area (Å²) < 4.78 is 4.58. The van der Waals surface area contributed by atoms with Crippen LogP contribution in [-0.2, 0) is 6.42 Å². The lowest BCUT2D eigenvalue weighted by atomic mass is 10.5. The normalized spacial score (nSPS) is 10.2. The van der Waals surface area contributed by atoms with Crippen molar-refractivity contribution in [2.75, 3.05) is 12.0 Å². The van der Waals surface area contributed by atoms with E-state index in [0.717, 1.165) is 18.0 Å². The van der Waals surface area contributed by atoms with E-state index in [-0.39, 0.29) is 0 Å². The summed E-state index contributed by atoms with van der Waals surface area (Å²) in [6, 6.07) is 0. The lowest BCUT2D eigenvalue weighted by molar-refractivity contribution is 1.01. The third-order valence-corrected chi connectivity index (χ3v) is 2.42. The molecule has 0 bridgehead atoms. The summed E-state index contributed by atoms with van der Waals surface area (Å²) in [5.74, 6) is 1.93. The molecule has 0 aliphatic rings. The van der Waals surface area contributed by atoms with Crippen LogP contribution < -0.4 is 0 Å². The summed E-state index contributed by atoms with van der Waals surface area (Å²) in [6.07, 6.45) is 2.98. The second-order valence-electron chi connectivity index (χ2n) is 1.71. The molecule has 0 atom stereocenters. The number of nitrogens with zero attached hydrogens (tertiary/aromatic N) is 2. The van der Waals surface area contributed by atoms with Crippen LogP contribution in [0.1, 0.15) is 5.82 Å². The van der Waals surface area contributed by atoms with E-state index in [4.69, 9.17) is 11.6 Å². The van der Waals surface area contributed by atoms with Crippen LogP contribution in [0.2, 0.25) is 4.47 Å². The zero-order valence-corrected chi connectivity index (χ0v) is 7.89. The molecule has 0 N–H and O–H groups in total. The van der Waals surface area contributed by atoms with E-state index < -0.39 is 0 Å². The van der Waals surface area contributed by atoms with E-state index in [0.29, 0.717) is 4.47 Å². The summed E-state index contributed by atoms with van der Waals surface area (Å²) >= 11 is 8.61. The standard InChI is InChI=1S/C5H7ClN2S2/c1-9-3-2-4-7-5(6)10-8-4/h2-3H2,1H3. The van der Waals surface area contributed by atoms with Crippen molar-refractivity contribution in [3.05, 3.63) is 10.3 Å². The maximum Gasteiger partial charge on any atom is 0.203 e. The van der Waals surface area contributed by atoms with Crippen molar-refractivity contribution in [1.29, 1.82) is 0 Å². The van der Waals surface area contributed by atoms with Crippen LogP contribution in [0, 0.1) is 0 Å². The van der Waals surface area contributed by atoms with E-state index in [1.165, 1.54) is 11.5 Å². The van der Waals surface area contributed by atoms with Crippen LogP contribution in [0.25, 0.3) is 0 Å². The molecule has 1 aromatic rings. The summed E-state index contributed by atoms with van der Waals surface area (Å²) in [5, 5.41) is 0. The van der Waals surface area contributed by atoms with Gasteiger partial charge in [-0.15, -0.1) is 0 Å². The zero-order chi connectivity index (χ0) is 7.40. The second-order valence-corrected chi connectivity index (χ2v) is 4.03. The van der Waals surface area contributed by atoms with E-state index in [2.05, 4.69) is 15.6 Å². The first-order valence-corrected chi connectivity index (χ1v) is 5.34. The van der Waals surface area contributed by atoms with Crippen molar-refractivity contribution in [2.24, 2.45) is 0 Å². The molecule has 0 amide bonds. The van der Waals surface area contributed by atoms with E-state index in [1.54, 1.807) is 11.8 Å². The lowest BCUT2D eigenvalue weighted by Crippen LogP contribution is -1.89. The molecule has 0 saturated carbocycles. The van der Waals surface area contributed by atoms with Crippen molar-refractivity contribution in [3.8, 4) is 0 Å². The van der Waals surface area contributed by atoms with Gasteiger partial charge in [0.2, 0.25) is 4.47 Å². The highest BCUT2D eigenvalue weighted by atomic mass is 35.5. The van der Waals surface area contributed by atoms with Crippen LogP contribution in [-0.4, -0.2) is 21.4 Å². The Morgan fingerprint density at radius 2 is 2.50 bits per heavy atom. The van der Waals surface area contributed by atoms with Gasteiger partial charge in [-0.2, -0.15) is 16.1 Å².